The number of aromatic amines is 1. The summed E-state index contributed by atoms with van der Waals surface area (Å²) in [7, 11) is 0. The first-order chi connectivity index (χ1) is 13.3. The zero-order valence-electron chi connectivity index (χ0n) is 15.8. The molecule has 2 aliphatic heterocycles. The second-order valence-electron chi connectivity index (χ2n) is 7.87. The van der Waals surface area contributed by atoms with Crippen LogP contribution in [-0.4, -0.2) is 40.7 Å². The molecule has 1 saturated heterocycles. The molecule has 2 aliphatic rings. The lowest BCUT2D eigenvalue weighted by molar-refractivity contribution is 0.0801. The van der Waals surface area contributed by atoms with Crippen LogP contribution in [-0.2, 0) is 17.9 Å². The number of H-pyrrole nitrogens is 1. The van der Waals surface area contributed by atoms with Crippen molar-refractivity contribution < 1.29 is 4.74 Å². The molecule has 5 rings (SSSR count). The summed E-state index contributed by atoms with van der Waals surface area (Å²) >= 11 is 0. The van der Waals surface area contributed by atoms with Crippen LogP contribution in [0.5, 0.6) is 0 Å². The van der Waals surface area contributed by atoms with Gasteiger partial charge in [-0.3, -0.25) is 4.90 Å². The van der Waals surface area contributed by atoms with E-state index >= 15 is 0 Å². The Morgan fingerprint density at radius 2 is 2.11 bits per heavy atom. The number of nitrogens with zero attached hydrogens (tertiary/aromatic N) is 3. The molecule has 3 aromatic rings. The standard InChI is InChI=1S/C22H26N4O/c1-16-8-10-25(12-17-5-3-2-4-6-17)13-20(16)26-15-27-14-18-11-24-22-19(21(18)26)7-9-23-22/h2-7,9,11,16,20H,8,10,12-15H2,1H3,(H,23,24)/t16-,20?/m1/s1. The van der Waals surface area contributed by atoms with Crippen molar-refractivity contribution >= 4 is 16.7 Å². The highest BCUT2D eigenvalue weighted by Gasteiger charge is 2.34. The van der Waals surface area contributed by atoms with Gasteiger partial charge in [-0.05, 0) is 30.5 Å². The summed E-state index contributed by atoms with van der Waals surface area (Å²) < 4.78 is 5.95. The smallest absolute Gasteiger partial charge is 0.139 e. The predicted molar refractivity (Wildman–Crippen MR) is 108 cm³/mol. The van der Waals surface area contributed by atoms with Gasteiger partial charge in [0.1, 0.15) is 12.4 Å². The van der Waals surface area contributed by atoms with Gasteiger partial charge in [-0.15, -0.1) is 0 Å². The van der Waals surface area contributed by atoms with Crippen LogP contribution in [0, 0.1) is 5.92 Å². The number of anilines is 1. The number of hydrogen-bond donors (Lipinski definition) is 1. The lowest BCUT2D eigenvalue weighted by Crippen LogP contribution is -2.53. The van der Waals surface area contributed by atoms with Gasteiger partial charge >= 0.3 is 0 Å². The van der Waals surface area contributed by atoms with Crippen molar-refractivity contribution in [3.8, 4) is 0 Å². The first-order valence-electron chi connectivity index (χ1n) is 9.85. The summed E-state index contributed by atoms with van der Waals surface area (Å²) in [6.07, 6.45) is 5.16. The molecule has 0 radical (unpaired) electrons. The number of hydrogen-bond acceptors (Lipinski definition) is 4. The van der Waals surface area contributed by atoms with Gasteiger partial charge in [-0.1, -0.05) is 37.3 Å². The minimum Gasteiger partial charge on any atom is -0.356 e. The maximum atomic E-state index is 5.95. The molecule has 0 amide bonds. The van der Waals surface area contributed by atoms with Gasteiger partial charge in [0.2, 0.25) is 0 Å². The van der Waals surface area contributed by atoms with E-state index in [1.54, 1.807) is 0 Å². The van der Waals surface area contributed by atoms with Crippen molar-refractivity contribution in [1.29, 1.82) is 0 Å². The van der Waals surface area contributed by atoms with E-state index in [-0.39, 0.29) is 0 Å². The summed E-state index contributed by atoms with van der Waals surface area (Å²) in [6.45, 7) is 6.92. The van der Waals surface area contributed by atoms with E-state index in [9.17, 15) is 0 Å². The van der Waals surface area contributed by atoms with Crippen molar-refractivity contribution in [2.45, 2.75) is 32.5 Å². The molecule has 4 heterocycles. The second kappa shape index (κ2) is 6.98. The average Bonchev–Trinajstić information content (AvgIpc) is 3.19. The van der Waals surface area contributed by atoms with Crippen LogP contribution in [0.4, 0.5) is 5.69 Å². The Bertz CT molecular complexity index is 922. The minimum absolute atomic E-state index is 0.446. The first kappa shape index (κ1) is 16.8. The number of likely N-dealkylation sites (tertiary alicyclic amines) is 1. The highest BCUT2D eigenvalue weighted by molar-refractivity contribution is 5.92. The minimum atomic E-state index is 0.446. The van der Waals surface area contributed by atoms with Crippen LogP contribution in [0.3, 0.4) is 0 Å². The van der Waals surface area contributed by atoms with Crippen LogP contribution in [0.15, 0.2) is 48.8 Å². The highest BCUT2D eigenvalue weighted by atomic mass is 16.5. The fraction of sp³-hybridized carbons (Fsp3) is 0.409. The fourth-order valence-electron chi connectivity index (χ4n) is 4.57. The molecular weight excluding hydrogens is 336 g/mol. The summed E-state index contributed by atoms with van der Waals surface area (Å²) in [4.78, 5) is 12.9. The molecule has 1 unspecified atom stereocenters. The lowest BCUT2D eigenvalue weighted by Gasteiger charge is -2.46. The topological polar surface area (TPSA) is 44.4 Å². The Kier molecular flexibility index (Phi) is 4.34. The highest BCUT2D eigenvalue weighted by Crippen LogP contribution is 2.37. The summed E-state index contributed by atoms with van der Waals surface area (Å²) in [5.74, 6) is 0.633. The summed E-state index contributed by atoms with van der Waals surface area (Å²) in [6, 6.07) is 13.4. The van der Waals surface area contributed by atoms with Crippen LogP contribution in [0.1, 0.15) is 24.5 Å². The quantitative estimate of drug-likeness (QED) is 0.770. The van der Waals surface area contributed by atoms with E-state index < -0.39 is 0 Å². The van der Waals surface area contributed by atoms with Gasteiger partial charge in [0.15, 0.2) is 0 Å². The van der Waals surface area contributed by atoms with E-state index in [0.29, 0.717) is 25.3 Å². The predicted octanol–water partition coefficient (Wildman–Crippen LogP) is 3.77. The molecule has 1 fully saturated rings. The number of piperidine rings is 1. The molecule has 27 heavy (non-hydrogen) atoms. The Morgan fingerprint density at radius 3 is 3.00 bits per heavy atom. The van der Waals surface area contributed by atoms with Gasteiger partial charge in [-0.25, -0.2) is 4.98 Å². The average molecular weight is 362 g/mol. The van der Waals surface area contributed by atoms with Crippen LogP contribution < -0.4 is 4.90 Å². The third kappa shape index (κ3) is 3.11. The molecular formula is C22H26N4O. The Balaban J connectivity index is 1.44. The molecule has 5 heteroatoms. The molecule has 0 aliphatic carbocycles. The third-order valence-electron chi connectivity index (χ3n) is 6.06. The molecule has 0 spiro atoms. The van der Waals surface area contributed by atoms with Gasteiger partial charge in [0, 0.05) is 42.5 Å². The number of pyridine rings is 1. The van der Waals surface area contributed by atoms with Gasteiger partial charge in [0.05, 0.1) is 12.3 Å². The van der Waals surface area contributed by atoms with Gasteiger partial charge in [-0.2, -0.15) is 0 Å². The van der Waals surface area contributed by atoms with E-state index in [2.05, 4.69) is 63.1 Å². The molecule has 1 aromatic carbocycles. The maximum absolute atomic E-state index is 5.95. The maximum Gasteiger partial charge on any atom is 0.139 e. The second-order valence-corrected chi connectivity index (χ2v) is 7.87. The first-order valence-corrected chi connectivity index (χ1v) is 9.85. The number of fused-ring (bicyclic) bond motifs is 3. The van der Waals surface area contributed by atoms with Crippen molar-refractivity contribution in [3.05, 3.63) is 59.9 Å². The molecule has 0 bridgehead atoms. The molecule has 2 aromatic heterocycles. The third-order valence-corrected chi connectivity index (χ3v) is 6.06. The number of aromatic nitrogens is 2. The number of benzene rings is 1. The van der Waals surface area contributed by atoms with E-state index in [0.717, 1.165) is 25.3 Å². The van der Waals surface area contributed by atoms with Crippen molar-refractivity contribution in [2.75, 3.05) is 24.7 Å². The molecule has 0 saturated carbocycles. The number of nitrogens with one attached hydrogen (secondary N) is 1. The van der Waals surface area contributed by atoms with Crippen molar-refractivity contribution in [3.63, 3.8) is 0 Å². The lowest BCUT2D eigenvalue weighted by atomic mass is 9.91. The molecule has 140 valence electrons. The molecule has 2 atom stereocenters. The Labute approximate surface area is 160 Å². The van der Waals surface area contributed by atoms with Gasteiger partial charge in [0.25, 0.3) is 0 Å². The van der Waals surface area contributed by atoms with Gasteiger partial charge < -0.3 is 14.6 Å². The normalized spacial score (nSPS) is 23.5. The van der Waals surface area contributed by atoms with Crippen LogP contribution in [0.25, 0.3) is 11.0 Å². The SMILES string of the molecule is C[C@@H]1CCN(Cc2ccccc2)CC1N1COCc2cnc3[nH]ccc3c21. The van der Waals surface area contributed by atoms with Crippen molar-refractivity contribution in [1.82, 2.24) is 14.9 Å². The molecule has 1 N–H and O–H groups in total. The fourth-order valence-corrected chi connectivity index (χ4v) is 4.57. The van der Waals surface area contributed by atoms with E-state index in [1.807, 2.05) is 12.4 Å². The summed E-state index contributed by atoms with van der Waals surface area (Å²) in [5.41, 5.74) is 4.86. The van der Waals surface area contributed by atoms with E-state index in [1.165, 1.54) is 28.6 Å². The monoisotopic (exact) mass is 362 g/mol. The zero-order chi connectivity index (χ0) is 18.2. The summed E-state index contributed by atoms with van der Waals surface area (Å²) in [5, 5.41) is 1.21. The molecule has 5 nitrogen and oxygen atoms in total. The van der Waals surface area contributed by atoms with E-state index in [4.69, 9.17) is 4.74 Å². The zero-order valence-corrected chi connectivity index (χ0v) is 15.8. The number of rotatable bonds is 3. The largest absolute Gasteiger partial charge is 0.356 e. The Hall–Kier alpha value is -2.37. The van der Waals surface area contributed by atoms with Crippen molar-refractivity contribution in [2.24, 2.45) is 5.92 Å². The Morgan fingerprint density at radius 1 is 1.22 bits per heavy atom. The van der Waals surface area contributed by atoms with Crippen LogP contribution >= 0.6 is 0 Å². The number of ether oxygens (including phenoxy) is 1. The van der Waals surface area contributed by atoms with Crippen LogP contribution in [0.2, 0.25) is 0 Å².